The minimum Gasteiger partial charge on any atom is -0.332 e. The van der Waals surface area contributed by atoms with Gasteiger partial charge in [-0.25, -0.2) is 4.39 Å². The van der Waals surface area contributed by atoms with Gasteiger partial charge in [0.2, 0.25) is 0 Å². The smallest absolute Gasteiger partial charge is 0.264 e. The molecule has 0 saturated carbocycles. The molecule has 0 aliphatic carbocycles. The molecular weight excluding hydrogens is 451 g/mol. The van der Waals surface area contributed by atoms with E-state index in [9.17, 15) is 9.18 Å². The number of H-pyrrole nitrogens is 1. The standard InChI is InChI=1S/C25H25FN6OS/c1-2-21-22(30-31-29-21)7-8-23-19(14-3-4-15(13-27)20(26)9-14)12-24(34-23)25(33)32-17-5-6-18(32)11-16(28)10-17/h2-4,7,9,12,16-18H,5-6,8,10-11,28H2,1H3,(H,29,30)/b21-2+,22-7+. The van der Waals surface area contributed by atoms with Crippen molar-refractivity contribution in [3.63, 3.8) is 0 Å². The average molecular weight is 477 g/mol. The number of nitrogens with zero attached hydrogens (tertiary/aromatic N) is 4. The predicted octanol–water partition coefficient (Wildman–Crippen LogP) is 2.46. The molecule has 174 valence electrons. The second-order valence-electron chi connectivity index (χ2n) is 8.89. The Hall–Kier alpha value is -3.35. The third-order valence-corrected chi connectivity index (χ3v) is 7.94. The van der Waals surface area contributed by atoms with Gasteiger partial charge in [0.1, 0.15) is 17.2 Å². The Morgan fingerprint density at radius 3 is 2.79 bits per heavy atom. The highest BCUT2D eigenvalue weighted by Gasteiger charge is 2.42. The van der Waals surface area contributed by atoms with Crippen molar-refractivity contribution >= 4 is 29.4 Å². The van der Waals surface area contributed by atoms with Gasteiger partial charge in [-0.3, -0.25) is 9.89 Å². The molecule has 2 bridgehead atoms. The molecule has 1 amide bonds. The van der Waals surface area contributed by atoms with Gasteiger partial charge in [-0.1, -0.05) is 23.4 Å². The normalized spacial score (nSPS) is 22.9. The van der Waals surface area contributed by atoms with Crippen LogP contribution in [0.1, 0.15) is 52.7 Å². The molecule has 34 heavy (non-hydrogen) atoms. The lowest BCUT2D eigenvalue weighted by Crippen LogP contribution is -2.49. The number of amides is 1. The van der Waals surface area contributed by atoms with Crippen molar-refractivity contribution in [2.45, 2.75) is 57.2 Å². The molecule has 1 aromatic carbocycles. The highest BCUT2D eigenvalue weighted by molar-refractivity contribution is 7.14. The summed E-state index contributed by atoms with van der Waals surface area (Å²) in [5.74, 6) is -0.547. The summed E-state index contributed by atoms with van der Waals surface area (Å²) < 4.78 is 14.4. The summed E-state index contributed by atoms with van der Waals surface area (Å²) in [5, 5.41) is 21.4. The average Bonchev–Trinajstić information content (AvgIpc) is 3.53. The number of aromatic amines is 1. The van der Waals surface area contributed by atoms with Crippen LogP contribution in [0.3, 0.4) is 0 Å². The fourth-order valence-electron chi connectivity index (χ4n) is 5.18. The van der Waals surface area contributed by atoms with E-state index in [0.29, 0.717) is 16.9 Å². The highest BCUT2D eigenvalue weighted by atomic mass is 32.1. The number of aromatic nitrogens is 3. The molecule has 5 rings (SSSR count). The first-order valence-electron chi connectivity index (χ1n) is 11.4. The highest BCUT2D eigenvalue weighted by Crippen LogP contribution is 2.39. The number of piperidine rings is 1. The summed E-state index contributed by atoms with van der Waals surface area (Å²) in [7, 11) is 0. The molecule has 2 atom stereocenters. The number of halogens is 1. The number of thiophene rings is 1. The van der Waals surface area contributed by atoms with E-state index in [1.807, 2.05) is 36.1 Å². The first-order chi connectivity index (χ1) is 16.5. The fraction of sp³-hybridized carbons (Fsp3) is 0.360. The topological polar surface area (TPSA) is 112 Å². The Labute approximate surface area is 200 Å². The maximum Gasteiger partial charge on any atom is 0.264 e. The minimum absolute atomic E-state index is 0.00344. The van der Waals surface area contributed by atoms with Crippen LogP contribution in [0.5, 0.6) is 0 Å². The fourth-order valence-corrected chi connectivity index (χ4v) is 6.27. The van der Waals surface area contributed by atoms with Gasteiger partial charge in [0.15, 0.2) is 0 Å². The summed E-state index contributed by atoms with van der Waals surface area (Å²) in [5.41, 5.74) is 7.63. The molecule has 0 radical (unpaired) electrons. The lowest BCUT2D eigenvalue weighted by molar-refractivity contribution is 0.0580. The van der Waals surface area contributed by atoms with E-state index in [2.05, 4.69) is 15.4 Å². The molecule has 7 nitrogen and oxygen atoms in total. The second kappa shape index (κ2) is 9.12. The van der Waals surface area contributed by atoms with Crippen molar-refractivity contribution in [2.24, 2.45) is 5.73 Å². The zero-order valence-corrected chi connectivity index (χ0v) is 19.6. The van der Waals surface area contributed by atoms with Gasteiger partial charge in [-0.05, 0) is 61.9 Å². The molecule has 2 unspecified atom stereocenters. The van der Waals surface area contributed by atoms with Gasteiger partial charge in [0.25, 0.3) is 5.91 Å². The molecule has 3 aromatic rings. The Morgan fingerprint density at radius 2 is 2.12 bits per heavy atom. The number of hydrogen-bond donors (Lipinski definition) is 2. The van der Waals surface area contributed by atoms with Crippen LogP contribution in [0.15, 0.2) is 24.3 Å². The Bertz CT molecular complexity index is 1390. The number of carbonyl (C=O) groups excluding carboxylic acids is 1. The molecule has 2 saturated heterocycles. The van der Waals surface area contributed by atoms with E-state index >= 15 is 0 Å². The summed E-state index contributed by atoms with van der Waals surface area (Å²) in [6.45, 7) is 1.89. The second-order valence-corrected chi connectivity index (χ2v) is 10.0. The van der Waals surface area contributed by atoms with Crippen LogP contribution >= 0.6 is 11.3 Å². The quantitative estimate of drug-likeness (QED) is 0.601. The van der Waals surface area contributed by atoms with Crippen molar-refractivity contribution < 1.29 is 9.18 Å². The van der Waals surface area contributed by atoms with Gasteiger partial charge in [-0.2, -0.15) is 5.26 Å². The van der Waals surface area contributed by atoms with Crippen molar-refractivity contribution in [1.82, 2.24) is 20.3 Å². The Kier molecular flexibility index (Phi) is 6.02. The van der Waals surface area contributed by atoms with E-state index in [0.717, 1.165) is 46.8 Å². The molecule has 4 heterocycles. The summed E-state index contributed by atoms with van der Waals surface area (Å²) >= 11 is 1.43. The first-order valence-corrected chi connectivity index (χ1v) is 12.2. The number of rotatable bonds is 4. The number of fused-ring (bicyclic) bond motifs is 2. The molecule has 0 spiro atoms. The molecule has 2 fully saturated rings. The number of nitrogens with one attached hydrogen (secondary N) is 1. The number of nitriles is 1. The molecule has 9 heteroatoms. The maximum atomic E-state index is 14.4. The monoisotopic (exact) mass is 476 g/mol. The summed E-state index contributed by atoms with van der Waals surface area (Å²) in [6, 6.07) is 8.83. The van der Waals surface area contributed by atoms with Gasteiger partial charge >= 0.3 is 0 Å². The van der Waals surface area contributed by atoms with Crippen molar-refractivity contribution in [3.05, 3.63) is 56.1 Å². The Balaban J connectivity index is 1.54. The van der Waals surface area contributed by atoms with E-state index in [4.69, 9.17) is 11.0 Å². The number of nitrogens with two attached hydrogens (primary N) is 1. The summed E-state index contributed by atoms with van der Waals surface area (Å²) in [4.78, 5) is 17.2. The van der Waals surface area contributed by atoms with Crippen LogP contribution in [0.25, 0.3) is 23.3 Å². The molecule has 3 N–H and O–H groups in total. The van der Waals surface area contributed by atoms with Crippen LogP contribution in [-0.2, 0) is 6.42 Å². The van der Waals surface area contributed by atoms with Crippen molar-refractivity contribution in [2.75, 3.05) is 0 Å². The molecule has 2 aliphatic rings. The van der Waals surface area contributed by atoms with Crippen LogP contribution < -0.4 is 16.4 Å². The third-order valence-electron chi connectivity index (χ3n) is 6.79. The minimum atomic E-state index is -0.572. The van der Waals surface area contributed by atoms with Crippen molar-refractivity contribution in [3.8, 4) is 17.2 Å². The SMILES string of the molecule is C/C=c1/nn[nH]/c1=C/Cc1sc(C(=O)N2C3CCC2CC(N)C3)cc1-c1ccc(C#N)c(F)c1. The lowest BCUT2D eigenvalue weighted by Gasteiger charge is -2.37. The largest absolute Gasteiger partial charge is 0.332 e. The van der Waals surface area contributed by atoms with Crippen LogP contribution in [0, 0.1) is 17.1 Å². The van der Waals surface area contributed by atoms with Crippen LogP contribution in [-0.4, -0.2) is 44.3 Å². The van der Waals surface area contributed by atoms with Gasteiger partial charge < -0.3 is 10.6 Å². The molecular formula is C25H25FN6OS. The first kappa shape index (κ1) is 22.4. The lowest BCUT2D eigenvalue weighted by atomic mass is 9.97. The van der Waals surface area contributed by atoms with Crippen LogP contribution in [0.4, 0.5) is 4.39 Å². The molecule has 2 aromatic heterocycles. The summed E-state index contributed by atoms with van der Waals surface area (Å²) in [6.07, 6.45) is 8.03. The van der Waals surface area contributed by atoms with E-state index in [1.54, 1.807) is 6.07 Å². The molecule has 2 aliphatic heterocycles. The number of hydrogen-bond acceptors (Lipinski definition) is 6. The third kappa shape index (κ3) is 4.04. The number of benzene rings is 1. The van der Waals surface area contributed by atoms with Gasteiger partial charge in [-0.15, -0.1) is 16.4 Å². The van der Waals surface area contributed by atoms with E-state index in [1.165, 1.54) is 23.5 Å². The van der Waals surface area contributed by atoms with Crippen molar-refractivity contribution in [1.29, 1.82) is 5.26 Å². The Morgan fingerprint density at radius 1 is 1.35 bits per heavy atom. The van der Waals surface area contributed by atoms with Gasteiger partial charge in [0, 0.05) is 29.4 Å². The van der Waals surface area contributed by atoms with E-state index < -0.39 is 5.82 Å². The zero-order chi connectivity index (χ0) is 23.8. The predicted molar refractivity (Wildman–Crippen MR) is 129 cm³/mol. The van der Waals surface area contributed by atoms with Gasteiger partial charge in [0.05, 0.1) is 15.8 Å². The zero-order valence-electron chi connectivity index (χ0n) is 18.8. The van der Waals surface area contributed by atoms with E-state index in [-0.39, 0.29) is 29.6 Å². The maximum absolute atomic E-state index is 14.4. The van der Waals surface area contributed by atoms with Crippen LogP contribution in [0.2, 0.25) is 0 Å². The number of carbonyl (C=O) groups is 1.